The fourth-order valence-corrected chi connectivity index (χ4v) is 2.97. The lowest BCUT2D eigenvalue weighted by Gasteiger charge is -2.36. The standard InChI is InChI=1S/C17H28N2O/c1-3-5-9-16(19-13-11-18-12-14-19)15-8-6-7-10-17(15)20-4-2/h6-8,10,16,18H,3-5,9,11-14H2,1-2H3/t16-/m1/s1. The lowest BCUT2D eigenvalue weighted by Crippen LogP contribution is -2.45. The minimum absolute atomic E-state index is 0.500. The van der Waals surface area contributed by atoms with Gasteiger partial charge in [-0.3, -0.25) is 4.90 Å². The maximum atomic E-state index is 5.85. The Balaban J connectivity index is 2.20. The van der Waals surface area contributed by atoms with E-state index in [1.165, 1.54) is 24.8 Å². The summed E-state index contributed by atoms with van der Waals surface area (Å²) in [6, 6.07) is 9.06. The number of piperazine rings is 1. The molecule has 0 spiro atoms. The first-order valence-electron chi connectivity index (χ1n) is 8.03. The van der Waals surface area contributed by atoms with Crippen LogP contribution in [0.3, 0.4) is 0 Å². The molecule has 1 N–H and O–H groups in total. The number of ether oxygens (including phenoxy) is 1. The molecule has 1 aliphatic heterocycles. The van der Waals surface area contributed by atoms with E-state index in [4.69, 9.17) is 4.74 Å². The SMILES string of the molecule is CCCC[C@H](c1ccccc1OCC)N1CCNCC1. The van der Waals surface area contributed by atoms with Crippen LogP contribution in [0.15, 0.2) is 24.3 Å². The molecule has 0 amide bonds. The molecule has 1 aliphatic rings. The summed E-state index contributed by atoms with van der Waals surface area (Å²) in [6.45, 7) is 9.52. The van der Waals surface area contributed by atoms with Crippen molar-refractivity contribution >= 4 is 0 Å². The van der Waals surface area contributed by atoms with Crippen molar-refractivity contribution in [2.24, 2.45) is 0 Å². The minimum Gasteiger partial charge on any atom is -0.494 e. The number of rotatable bonds is 7. The summed E-state index contributed by atoms with van der Waals surface area (Å²) in [7, 11) is 0. The molecule has 0 radical (unpaired) electrons. The van der Waals surface area contributed by atoms with Gasteiger partial charge in [0, 0.05) is 37.8 Å². The maximum absolute atomic E-state index is 5.85. The Kier molecular flexibility index (Phi) is 6.34. The molecule has 0 unspecified atom stereocenters. The molecule has 0 saturated carbocycles. The molecule has 20 heavy (non-hydrogen) atoms. The third-order valence-corrected chi connectivity index (χ3v) is 4.00. The molecule has 1 aromatic carbocycles. The fraction of sp³-hybridized carbons (Fsp3) is 0.647. The summed E-state index contributed by atoms with van der Waals surface area (Å²) >= 11 is 0. The molecule has 0 bridgehead atoms. The van der Waals surface area contributed by atoms with Crippen LogP contribution < -0.4 is 10.1 Å². The van der Waals surface area contributed by atoms with Crippen LogP contribution >= 0.6 is 0 Å². The van der Waals surface area contributed by atoms with Gasteiger partial charge in [0.1, 0.15) is 5.75 Å². The Labute approximate surface area is 123 Å². The van der Waals surface area contributed by atoms with Gasteiger partial charge in [-0.2, -0.15) is 0 Å². The van der Waals surface area contributed by atoms with Gasteiger partial charge in [-0.1, -0.05) is 38.0 Å². The molecule has 3 heteroatoms. The molecule has 1 heterocycles. The summed E-state index contributed by atoms with van der Waals surface area (Å²) in [6.07, 6.45) is 3.75. The van der Waals surface area contributed by atoms with Crippen LogP contribution in [-0.2, 0) is 0 Å². The molecule has 3 nitrogen and oxygen atoms in total. The summed E-state index contributed by atoms with van der Waals surface area (Å²) < 4.78 is 5.85. The largest absolute Gasteiger partial charge is 0.494 e. The highest BCUT2D eigenvalue weighted by atomic mass is 16.5. The molecule has 2 rings (SSSR count). The van der Waals surface area contributed by atoms with Gasteiger partial charge in [-0.05, 0) is 19.4 Å². The van der Waals surface area contributed by atoms with Gasteiger partial charge in [0.25, 0.3) is 0 Å². The van der Waals surface area contributed by atoms with Crippen LogP contribution in [0.4, 0.5) is 0 Å². The third-order valence-electron chi connectivity index (χ3n) is 4.00. The Hall–Kier alpha value is -1.06. The van der Waals surface area contributed by atoms with Crippen LogP contribution in [0.5, 0.6) is 5.75 Å². The maximum Gasteiger partial charge on any atom is 0.124 e. The van der Waals surface area contributed by atoms with Crippen molar-refractivity contribution in [3.63, 3.8) is 0 Å². The van der Waals surface area contributed by atoms with Gasteiger partial charge < -0.3 is 10.1 Å². The Morgan fingerprint density at radius 1 is 1.20 bits per heavy atom. The van der Waals surface area contributed by atoms with Crippen LogP contribution in [0, 0.1) is 0 Å². The van der Waals surface area contributed by atoms with E-state index >= 15 is 0 Å². The number of nitrogens with zero attached hydrogens (tertiary/aromatic N) is 1. The Morgan fingerprint density at radius 2 is 1.95 bits per heavy atom. The number of nitrogens with one attached hydrogen (secondary N) is 1. The highest BCUT2D eigenvalue weighted by Crippen LogP contribution is 2.33. The molecule has 1 aromatic rings. The van der Waals surface area contributed by atoms with E-state index < -0.39 is 0 Å². The topological polar surface area (TPSA) is 24.5 Å². The van der Waals surface area contributed by atoms with E-state index in [0.717, 1.165) is 38.5 Å². The van der Waals surface area contributed by atoms with Crippen LogP contribution in [-0.4, -0.2) is 37.7 Å². The Bertz CT molecular complexity index is 388. The highest BCUT2D eigenvalue weighted by Gasteiger charge is 2.24. The quantitative estimate of drug-likeness (QED) is 0.827. The predicted molar refractivity (Wildman–Crippen MR) is 84.3 cm³/mol. The predicted octanol–water partition coefficient (Wildman–Crippen LogP) is 3.22. The fourth-order valence-electron chi connectivity index (χ4n) is 2.97. The molecule has 1 saturated heterocycles. The number of hydrogen-bond donors (Lipinski definition) is 1. The van der Waals surface area contributed by atoms with Crippen LogP contribution in [0.2, 0.25) is 0 Å². The van der Waals surface area contributed by atoms with Gasteiger partial charge >= 0.3 is 0 Å². The average Bonchev–Trinajstić information content (AvgIpc) is 2.50. The van der Waals surface area contributed by atoms with Crippen molar-refractivity contribution < 1.29 is 4.74 Å². The molecular formula is C17H28N2O. The number of benzene rings is 1. The zero-order valence-electron chi connectivity index (χ0n) is 12.9. The molecule has 0 aliphatic carbocycles. The molecule has 112 valence electrons. The Morgan fingerprint density at radius 3 is 2.65 bits per heavy atom. The normalized spacial score (nSPS) is 17.9. The molecule has 1 fully saturated rings. The van der Waals surface area contributed by atoms with Crippen molar-refractivity contribution in [2.75, 3.05) is 32.8 Å². The van der Waals surface area contributed by atoms with Gasteiger partial charge in [0.05, 0.1) is 6.61 Å². The van der Waals surface area contributed by atoms with Crippen LogP contribution in [0.25, 0.3) is 0 Å². The summed E-state index contributed by atoms with van der Waals surface area (Å²) in [4.78, 5) is 2.62. The average molecular weight is 276 g/mol. The van der Waals surface area contributed by atoms with E-state index in [2.05, 4.69) is 48.3 Å². The highest BCUT2D eigenvalue weighted by molar-refractivity contribution is 5.36. The third kappa shape index (κ3) is 3.97. The van der Waals surface area contributed by atoms with Crippen molar-refractivity contribution in [3.8, 4) is 5.75 Å². The van der Waals surface area contributed by atoms with Gasteiger partial charge in [0.15, 0.2) is 0 Å². The van der Waals surface area contributed by atoms with Gasteiger partial charge in [-0.15, -0.1) is 0 Å². The number of unbranched alkanes of at least 4 members (excludes halogenated alkanes) is 1. The second kappa shape index (κ2) is 8.28. The van der Waals surface area contributed by atoms with E-state index in [1.807, 2.05) is 0 Å². The lowest BCUT2D eigenvalue weighted by molar-refractivity contribution is 0.159. The smallest absolute Gasteiger partial charge is 0.124 e. The van der Waals surface area contributed by atoms with Gasteiger partial charge in [0.2, 0.25) is 0 Å². The van der Waals surface area contributed by atoms with Crippen molar-refractivity contribution in [1.29, 1.82) is 0 Å². The van der Waals surface area contributed by atoms with E-state index in [0.29, 0.717) is 6.04 Å². The van der Waals surface area contributed by atoms with E-state index in [-0.39, 0.29) is 0 Å². The van der Waals surface area contributed by atoms with E-state index in [1.54, 1.807) is 0 Å². The second-order valence-corrected chi connectivity index (χ2v) is 5.41. The lowest BCUT2D eigenvalue weighted by atomic mass is 9.98. The van der Waals surface area contributed by atoms with Gasteiger partial charge in [-0.25, -0.2) is 0 Å². The summed E-state index contributed by atoms with van der Waals surface area (Å²) in [5.41, 5.74) is 1.37. The first kappa shape index (κ1) is 15.3. The minimum atomic E-state index is 0.500. The summed E-state index contributed by atoms with van der Waals surface area (Å²) in [5.74, 6) is 1.06. The van der Waals surface area contributed by atoms with Crippen molar-refractivity contribution in [2.45, 2.75) is 39.2 Å². The van der Waals surface area contributed by atoms with E-state index in [9.17, 15) is 0 Å². The summed E-state index contributed by atoms with van der Waals surface area (Å²) in [5, 5.41) is 3.44. The zero-order chi connectivity index (χ0) is 14.2. The number of para-hydroxylation sites is 1. The van der Waals surface area contributed by atoms with Crippen LogP contribution in [0.1, 0.15) is 44.7 Å². The molecule has 1 atom stereocenters. The first-order valence-corrected chi connectivity index (χ1v) is 8.03. The first-order chi connectivity index (χ1) is 9.86. The second-order valence-electron chi connectivity index (χ2n) is 5.41. The number of hydrogen-bond acceptors (Lipinski definition) is 3. The monoisotopic (exact) mass is 276 g/mol. The molecule has 0 aromatic heterocycles. The van der Waals surface area contributed by atoms with Crippen molar-refractivity contribution in [3.05, 3.63) is 29.8 Å². The zero-order valence-corrected chi connectivity index (χ0v) is 12.9. The molecular weight excluding hydrogens is 248 g/mol. The van der Waals surface area contributed by atoms with Crippen molar-refractivity contribution in [1.82, 2.24) is 10.2 Å².